The summed E-state index contributed by atoms with van der Waals surface area (Å²) in [5, 5.41) is 8.86. The average molecular weight is 229 g/mol. The van der Waals surface area contributed by atoms with Crippen molar-refractivity contribution in [1.29, 1.82) is 0 Å². The third-order valence-electron chi connectivity index (χ3n) is 1.71. The first kappa shape index (κ1) is 11.7. The fourth-order valence-electron chi connectivity index (χ4n) is 1.12. The largest absolute Gasteiger partial charge is 0.480 e. The molecule has 0 bridgehead atoms. The number of nitrogens with one attached hydrogen (secondary N) is 1. The van der Waals surface area contributed by atoms with Gasteiger partial charge in [0.05, 0.1) is 6.26 Å². The Hall–Kier alpha value is -1.40. The number of carbonyl (C=O) groups is 1. The van der Waals surface area contributed by atoms with Gasteiger partial charge in [-0.1, -0.05) is 30.3 Å². The summed E-state index contributed by atoms with van der Waals surface area (Å²) in [6.45, 7) is 0. The quantitative estimate of drug-likeness (QED) is 0.781. The second kappa shape index (κ2) is 4.41. The first-order valence-electron chi connectivity index (χ1n) is 4.15. The molecule has 6 heteroatoms. The van der Waals surface area contributed by atoms with Gasteiger partial charge in [0.25, 0.3) is 0 Å². The Balaban J connectivity index is 3.00. The fourth-order valence-corrected chi connectivity index (χ4v) is 1.79. The Morgan fingerprint density at radius 2 is 1.87 bits per heavy atom. The molecule has 0 heterocycles. The van der Waals surface area contributed by atoms with E-state index in [0.29, 0.717) is 5.56 Å². The lowest BCUT2D eigenvalue weighted by molar-refractivity contribution is -0.139. The van der Waals surface area contributed by atoms with E-state index in [2.05, 4.69) is 0 Å². The van der Waals surface area contributed by atoms with Gasteiger partial charge in [0, 0.05) is 0 Å². The van der Waals surface area contributed by atoms with Gasteiger partial charge in [0.2, 0.25) is 10.0 Å². The zero-order chi connectivity index (χ0) is 11.5. The second-order valence-corrected chi connectivity index (χ2v) is 4.85. The molecule has 1 atom stereocenters. The van der Waals surface area contributed by atoms with Crippen LogP contribution in [0.15, 0.2) is 30.3 Å². The van der Waals surface area contributed by atoms with Gasteiger partial charge in [0.1, 0.15) is 6.04 Å². The highest BCUT2D eigenvalue weighted by Crippen LogP contribution is 2.13. The monoisotopic (exact) mass is 229 g/mol. The number of benzene rings is 1. The molecule has 1 unspecified atom stereocenters. The maximum Gasteiger partial charge on any atom is 0.326 e. The van der Waals surface area contributed by atoms with Crippen molar-refractivity contribution < 1.29 is 18.3 Å². The highest BCUT2D eigenvalue weighted by atomic mass is 32.2. The number of hydrogen-bond acceptors (Lipinski definition) is 3. The van der Waals surface area contributed by atoms with E-state index in [1.165, 1.54) is 0 Å². The predicted molar refractivity (Wildman–Crippen MR) is 54.8 cm³/mol. The zero-order valence-corrected chi connectivity index (χ0v) is 8.86. The Kier molecular flexibility index (Phi) is 3.43. The van der Waals surface area contributed by atoms with Crippen LogP contribution in [0, 0.1) is 0 Å². The van der Waals surface area contributed by atoms with Gasteiger partial charge in [-0.15, -0.1) is 0 Å². The van der Waals surface area contributed by atoms with E-state index in [-0.39, 0.29) is 0 Å². The highest BCUT2D eigenvalue weighted by Gasteiger charge is 2.22. The van der Waals surface area contributed by atoms with Crippen molar-refractivity contribution in [2.75, 3.05) is 6.26 Å². The Morgan fingerprint density at radius 1 is 1.33 bits per heavy atom. The number of aliphatic carboxylic acids is 1. The number of hydrogen-bond donors (Lipinski definition) is 2. The summed E-state index contributed by atoms with van der Waals surface area (Å²) >= 11 is 0. The van der Waals surface area contributed by atoms with Crippen LogP contribution in [0.25, 0.3) is 0 Å². The minimum atomic E-state index is -3.55. The Bertz CT molecular complexity index is 440. The van der Waals surface area contributed by atoms with Crippen LogP contribution in [-0.2, 0) is 14.8 Å². The molecule has 0 aliphatic rings. The first-order chi connectivity index (χ1) is 6.90. The fraction of sp³-hybridized carbons (Fsp3) is 0.222. The molecule has 0 spiro atoms. The summed E-state index contributed by atoms with van der Waals surface area (Å²) in [7, 11) is -3.55. The Labute approximate surface area is 87.8 Å². The minimum absolute atomic E-state index is 0.399. The molecule has 0 saturated heterocycles. The summed E-state index contributed by atoms with van der Waals surface area (Å²) in [6, 6.07) is 6.89. The molecule has 5 nitrogen and oxygen atoms in total. The van der Waals surface area contributed by atoms with Crippen molar-refractivity contribution in [2.24, 2.45) is 0 Å². The third kappa shape index (κ3) is 3.69. The standard InChI is InChI=1S/C9H11NO4S/c1-15(13,14)10-8(9(11)12)7-5-3-2-4-6-7/h2-6,8,10H,1H3,(H,11,12). The molecule has 15 heavy (non-hydrogen) atoms. The van der Waals surface area contributed by atoms with E-state index >= 15 is 0 Å². The maximum atomic E-state index is 10.9. The first-order valence-corrected chi connectivity index (χ1v) is 6.04. The van der Waals surface area contributed by atoms with E-state index in [1.807, 2.05) is 4.72 Å². The van der Waals surface area contributed by atoms with Gasteiger partial charge < -0.3 is 5.11 Å². The average Bonchev–Trinajstić information content (AvgIpc) is 2.14. The molecule has 82 valence electrons. The summed E-state index contributed by atoms with van der Waals surface area (Å²) in [5.74, 6) is -1.23. The molecule has 2 N–H and O–H groups in total. The van der Waals surface area contributed by atoms with E-state index in [0.717, 1.165) is 6.26 Å². The normalized spacial score (nSPS) is 13.4. The van der Waals surface area contributed by atoms with Crippen molar-refractivity contribution in [3.05, 3.63) is 35.9 Å². The molecule has 1 rings (SSSR count). The van der Waals surface area contributed by atoms with Gasteiger partial charge in [-0.05, 0) is 5.56 Å². The molecular formula is C9H11NO4S. The lowest BCUT2D eigenvalue weighted by Gasteiger charge is -2.12. The van der Waals surface area contributed by atoms with E-state index < -0.39 is 22.0 Å². The molecule has 0 saturated carbocycles. The Morgan fingerprint density at radius 3 is 2.27 bits per heavy atom. The van der Waals surface area contributed by atoms with Gasteiger partial charge in [0.15, 0.2) is 0 Å². The van der Waals surface area contributed by atoms with Crippen molar-refractivity contribution in [1.82, 2.24) is 4.72 Å². The molecule has 0 aromatic heterocycles. The van der Waals surface area contributed by atoms with Crippen LogP contribution in [0.4, 0.5) is 0 Å². The zero-order valence-electron chi connectivity index (χ0n) is 8.04. The number of rotatable bonds is 4. The smallest absolute Gasteiger partial charge is 0.326 e. The molecule has 0 aliphatic carbocycles. The molecular weight excluding hydrogens is 218 g/mol. The van der Waals surface area contributed by atoms with Crippen molar-refractivity contribution in [3.63, 3.8) is 0 Å². The van der Waals surface area contributed by atoms with Crippen LogP contribution in [0.5, 0.6) is 0 Å². The van der Waals surface area contributed by atoms with Crippen molar-refractivity contribution >= 4 is 16.0 Å². The second-order valence-electron chi connectivity index (χ2n) is 3.07. The van der Waals surface area contributed by atoms with Crippen molar-refractivity contribution in [3.8, 4) is 0 Å². The van der Waals surface area contributed by atoms with E-state index in [4.69, 9.17) is 5.11 Å². The highest BCUT2D eigenvalue weighted by molar-refractivity contribution is 7.88. The van der Waals surface area contributed by atoms with Gasteiger partial charge in [-0.25, -0.2) is 8.42 Å². The van der Waals surface area contributed by atoms with Crippen LogP contribution < -0.4 is 4.72 Å². The lowest BCUT2D eigenvalue weighted by atomic mass is 10.1. The molecule has 1 aromatic rings. The summed E-state index contributed by atoms with van der Waals surface area (Å²) in [5.41, 5.74) is 0.399. The van der Waals surface area contributed by atoms with E-state index in [9.17, 15) is 13.2 Å². The minimum Gasteiger partial charge on any atom is -0.480 e. The number of carboxylic acid groups (broad SMARTS) is 1. The number of carboxylic acids is 1. The molecule has 0 fully saturated rings. The molecule has 0 aliphatic heterocycles. The topological polar surface area (TPSA) is 83.5 Å². The van der Waals surface area contributed by atoms with Gasteiger partial charge in [-0.3, -0.25) is 4.79 Å². The summed E-state index contributed by atoms with van der Waals surface area (Å²) in [4.78, 5) is 10.9. The van der Waals surface area contributed by atoms with Gasteiger partial charge in [-0.2, -0.15) is 4.72 Å². The lowest BCUT2D eigenvalue weighted by Crippen LogP contribution is -2.32. The van der Waals surface area contributed by atoms with Crippen LogP contribution >= 0.6 is 0 Å². The van der Waals surface area contributed by atoms with Gasteiger partial charge >= 0.3 is 5.97 Å². The molecule has 1 aromatic carbocycles. The SMILES string of the molecule is CS(=O)(=O)NC(C(=O)O)c1ccccc1. The molecule has 0 amide bonds. The maximum absolute atomic E-state index is 10.9. The van der Waals surface area contributed by atoms with Crippen molar-refractivity contribution in [2.45, 2.75) is 6.04 Å². The van der Waals surface area contributed by atoms with Crippen LogP contribution in [0.2, 0.25) is 0 Å². The summed E-state index contributed by atoms with van der Waals surface area (Å²) in [6.07, 6.45) is 0.922. The van der Waals surface area contributed by atoms with E-state index in [1.54, 1.807) is 30.3 Å². The third-order valence-corrected chi connectivity index (χ3v) is 2.38. The summed E-state index contributed by atoms with van der Waals surface area (Å²) < 4.78 is 23.9. The van der Waals surface area contributed by atoms with Crippen LogP contribution in [0.1, 0.15) is 11.6 Å². The van der Waals surface area contributed by atoms with Crippen LogP contribution in [-0.4, -0.2) is 25.7 Å². The van der Waals surface area contributed by atoms with Crippen LogP contribution in [0.3, 0.4) is 0 Å². The molecule has 0 radical (unpaired) electrons. The number of sulfonamides is 1. The predicted octanol–water partition coefficient (Wildman–Crippen LogP) is 0.361.